The van der Waals surface area contributed by atoms with Gasteiger partial charge in [-0.05, 0) is 18.2 Å². The molecule has 0 aliphatic carbocycles. The zero-order chi connectivity index (χ0) is 18.0. The molecule has 0 bridgehead atoms. The standard InChI is InChI=1S/C18H15N3O3S2/c22-26(23,13-6-2-1-3-7-13)11-10-25-18-21-20-17(24-18)15-12-19-16-9-5-4-8-14(15)16/h1-9,12,19H,10-11H2. The first kappa shape index (κ1) is 16.9. The molecule has 0 fully saturated rings. The van der Waals surface area contributed by atoms with E-state index in [1.165, 1.54) is 11.8 Å². The zero-order valence-electron chi connectivity index (χ0n) is 13.6. The largest absolute Gasteiger partial charge is 0.411 e. The summed E-state index contributed by atoms with van der Waals surface area (Å²) in [5, 5.41) is 9.44. The van der Waals surface area contributed by atoms with Gasteiger partial charge in [-0.3, -0.25) is 0 Å². The molecule has 4 rings (SSSR count). The third-order valence-electron chi connectivity index (χ3n) is 3.91. The lowest BCUT2D eigenvalue weighted by molar-refractivity contribution is 0.466. The highest BCUT2D eigenvalue weighted by molar-refractivity contribution is 8.00. The lowest BCUT2D eigenvalue weighted by Crippen LogP contribution is -2.08. The molecule has 132 valence electrons. The molecule has 2 heterocycles. The van der Waals surface area contributed by atoms with Crippen LogP contribution in [0.2, 0.25) is 0 Å². The van der Waals surface area contributed by atoms with E-state index in [4.69, 9.17) is 4.42 Å². The fraction of sp³-hybridized carbons (Fsp3) is 0.111. The minimum absolute atomic E-state index is 0.00643. The number of sulfone groups is 1. The van der Waals surface area contributed by atoms with E-state index in [9.17, 15) is 8.42 Å². The maximum absolute atomic E-state index is 12.3. The summed E-state index contributed by atoms with van der Waals surface area (Å²) in [5.74, 6) is 0.759. The van der Waals surface area contributed by atoms with Crippen LogP contribution in [0.3, 0.4) is 0 Å². The first-order valence-corrected chi connectivity index (χ1v) is 10.6. The number of rotatable bonds is 6. The van der Waals surface area contributed by atoms with Gasteiger partial charge in [-0.25, -0.2) is 8.42 Å². The van der Waals surface area contributed by atoms with Gasteiger partial charge in [0.05, 0.1) is 16.2 Å². The molecular weight excluding hydrogens is 370 g/mol. The summed E-state index contributed by atoms with van der Waals surface area (Å²) in [5.41, 5.74) is 1.82. The van der Waals surface area contributed by atoms with Gasteiger partial charge in [0, 0.05) is 22.9 Å². The summed E-state index contributed by atoms with van der Waals surface area (Å²) in [6, 6.07) is 16.3. The first-order valence-electron chi connectivity index (χ1n) is 7.94. The van der Waals surface area contributed by atoms with Crippen LogP contribution >= 0.6 is 11.8 Å². The lowest BCUT2D eigenvalue weighted by atomic mass is 10.2. The summed E-state index contributed by atoms with van der Waals surface area (Å²) >= 11 is 1.24. The summed E-state index contributed by atoms with van der Waals surface area (Å²) in [4.78, 5) is 3.49. The molecule has 0 radical (unpaired) electrons. The number of nitrogens with zero attached hydrogens (tertiary/aromatic N) is 2. The Morgan fingerprint density at radius 1 is 1.00 bits per heavy atom. The summed E-state index contributed by atoms with van der Waals surface area (Å²) in [6.45, 7) is 0. The number of aromatic amines is 1. The molecule has 8 heteroatoms. The SMILES string of the molecule is O=S(=O)(CCSc1nnc(-c2c[nH]c3ccccc23)o1)c1ccccc1. The third-order valence-corrected chi connectivity index (χ3v) is 6.72. The Bertz CT molecular complexity index is 1130. The highest BCUT2D eigenvalue weighted by Crippen LogP contribution is 2.29. The first-order chi connectivity index (χ1) is 12.6. The molecule has 0 spiro atoms. The van der Waals surface area contributed by atoms with E-state index in [-0.39, 0.29) is 5.75 Å². The number of thioether (sulfide) groups is 1. The molecule has 2 aromatic heterocycles. The van der Waals surface area contributed by atoms with E-state index in [1.807, 2.05) is 30.5 Å². The van der Waals surface area contributed by atoms with Crippen LogP contribution < -0.4 is 0 Å². The molecule has 0 aliphatic heterocycles. The quantitative estimate of drug-likeness (QED) is 0.508. The molecule has 26 heavy (non-hydrogen) atoms. The van der Waals surface area contributed by atoms with Gasteiger partial charge >= 0.3 is 0 Å². The molecule has 0 saturated carbocycles. The maximum atomic E-state index is 12.3. The van der Waals surface area contributed by atoms with Crippen LogP contribution in [0.5, 0.6) is 0 Å². The van der Waals surface area contributed by atoms with Crippen molar-refractivity contribution in [2.75, 3.05) is 11.5 Å². The van der Waals surface area contributed by atoms with Crippen molar-refractivity contribution >= 4 is 32.5 Å². The van der Waals surface area contributed by atoms with Crippen molar-refractivity contribution in [2.45, 2.75) is 10.1 Å². The van der Waals surface area contributed by atoms with Gasteiger partial charge in [0.15, 0.2) is 9.84 Å². The smallest absolute Gasteiger partial charge is 0.276 e. The van der Waals surface area contributed by atoms with Gasteiger partial charge < -0.3 is 9.40 Å². The molecule has 1 N–H and O–H groups in total. The average molecular weight is 385 g/mol. The van der Waals surface area contributed by atoms with E-state index >= 15 is 0 Å². The van der Waals surface area contributed by atoms with Crippen molar-refractivity contribution in [2.24, 2.45) is 0 Å². The fourth-order valence-electron chi connectivity index (χ4n) is 2.61. The van der Waals surface area contributed by atoms with Gasteiger partial charge in [0.2, 0.25) is 0 Å². The van der Waals surface area contributed by atoms with Crippen LogP contribution in [0.25, 0.3) is 22.4 Å². The number of hydrogen-bond acceptors (Lipinski definition) is 6. The predicted octanol–water partition coefficient (Wildman–Crippen LogP) is 3.78. The minimum atomic E-state index is -3.31. The molecule has 0 aliphatic rings. The molecular formula is C18H15N3O3S2. The van der Waals surface area contributed by atoms with Crippen LogP contribution in [0.15, 0.2) is 75.3 Å². The van der Waals surface area contributed by atoms with Crippen LogP contribution in [0.1, 0.15) is 0 Å². The number of hydrogen-bond donors (Lipinski definition) is 1. The minimum Gasteiger partial charge on any atom is -0.411 e. The van der Waals surface area contributed by atoms with E-state index in [1.54, 1.807) is 30.3 Å². The van der Waals surface area contributed by atoms with E-state index in [0.717, 1.165) is 16.5 Å². The lowest BCUT2D eigenvalue weighted by Gasteiger charge is -2.02. The Labute approximate surface area is 154 Å². The van der Waals surface area contributed by atoms with Gasteiger partial charge in [0.1, 0.15) is 0 Å². The van der Waals surface area contributed by atoms with Crippen molar-refractivity contribution < 1.29 is 12.8 Å². The Morgan fingerprint density at radius 2 is 1.77 bits per heavy atom. The topological polar surface area (TPSA) is 88.9 Å². The van der Waals surface area contributed by atoms with Gasteiger partial charge in [-0.1, -0.05) is 48.2 Å². The van der Waals surface area contributed by atoms with Crippen molar-refractivity contribution in [3.63, 3.8) is 0 Å². The summed E-state index contributed by atoms with van der Waals surface area (Å²) < 4.78 is 30.2. The number of aromatic nitrogens is 3. The average Bonchev–Trinajstić information content (AvgIpc) is 3.29. The van der Waals surface area contributed by atoms with Crippen molar-refractivity contribution in [1.29, 1.82) is 0 Å². The van der Waals surface area contributed by atoms with Crippen LogP contribution in [-0.2, 0) is 9.84 Å². The normalized spacial score (nSPS) is 11.8. The van der Waals surface area contributed by atoms with E-state index in [2.05, 4.69) is 15.2 Å². The molecule has 0 amide bonds. The Morgan fingerprint density at radius 3 is 2.62 bits per heavy atom. The number of fused-ring (bicyclic) bond motifs is 1. The Balaban J connectivity index is 1.45. The Kier molecular flexibility index (Phi) is 4.52. The number of H-pyrrole nitrogens is 1. The molecule has 2 aromatic carbocycles. The number of nitrogens with one attached hydrogen (secondary N) is 1. The second-order valence-electron chi connectivity index (χ2n) is 5.60. The Hall–Kier alpha value is -2.58. The van der Waals surface area contributed by atoms with Crippen LogP contribution in [0, 0.1) is 0 Å². The number of para-hydroxylation sites is 1. The molecule has 0 saturated heterocycles. The van der Waals surface area contributed by atoms with E-state index < -0.39 is 9.84 Å². The van der Waals surface area contributed by atoms with Crippen molar-refractivity contribution in [1.82, 2.24) is 15.2 Å². The van der Waals surface area contributed by atoms with Gasteiger partial charge in [0.25, 0.3) is 11.1 Å². The number of benzene rings is 2. The second-order valence-corrected chi connectivity index (χ2v) is 8.76. The zero-order valence-corrected chi connectivity index (χ0v) is 15.3. The highest BCUT2D eigenvalue weighted by Gasteiger charge is 2.16. The van der Waals surface area contributed by atoms with Gasteiger partial charge in [-0.15, -0.1) is 10.2 Å². The molecule has 0 atom stereocenters. The van der Waals surface area contributed by atoms with E-state index in [0.29, 0.717) is 21.8 Å². The second kappa shape index (κ2) is 6.97. The molecule has 6 nitrogen and oxygen atoms in total. The van der Waals surface area contributed by atoms with Crippen molar-refractivity contribution in [3.8, 4) is 11.5 Å². The molecule has 4 aromatic rings. The van der Waals surface area contributed by atoms with Crippen molar-refractivity contribution in [3.05, 3.63) is 60.8 Å². The maximum Gasteiger partial charge on any atom is 0.276 e. The summed E-state index contributed by atoms with van der Waals surface area (Å²) in [7, 11) is -3.31. The van der Waals surface area contributed by atoms with Gasteiger partial charge in [-0.2, -0.15) is 0 Å². The highest BCUT2D eigenvalue weighted by atomic mass is 32.2. The summed E-state index contributed by atoms with van der Waals surface area (Å²) in [6.07, 6.45) is 1.83. The van der Waals surface area contributed by atoms with Crippen LogP contribution in [0.4, 0.5) is 0 Å². The molecule has 0 unspecified atom stereocenters. The monoisotopic (exact) mass is 385 g/mol. The fourth-order valence-corrected chi connectivity index (χ4v) is 5.04. The van der Waals surface area contributed by atoms with Crippen LogP contribution in [-0.4, -0.2) is 35.1 Å². The third kappa shape index (κ3) is 3.38. The predicted molar refractivity (Wildman–Crippen MR) is 101 cm³/mol.